The van der Waals surface area contributed by atoms with Crippen molar-refractivity contribution >= 4 is 28.3 Å². The number of nitrogens with zero attached hydrogens (tertiary/aromatic N) is 3. The molecule has 0 atom stereocenters. The molecule has 0 aliphatic heterocycles. The van der Waals surface area contributed by atoms with Crippen molar-refractivity contribution in [1.29, 1.82) is 0 Å². The molecule has 5 rings (SSSR count). The molecule has 7 nitrogen and oxygen atoms in total. The van der Waals surface area contributed by atoms with Crippen LogP contribution in [0.4, 0.5) is 19.0 Å². The summed E-state index contributed by atoms with van der Waals surface area (Å²) in [5.41, 5.74) is 0.685. The SMILES string of the molecule is O=C(N[C@H]1CC[C@@H](Nc2cccc3nc(C(F)(F)F)cn23)CC1)c1cncc2[nH]ccc12. The van der Waals surface area contributed by atoms with Gasteiger partial charge in [0.1, 0.15) is 11.5 Å². The van der Waals surface area contributed by atoms with Crippen LogP contribution in [0.15, 0.2) is 49.1 Å². The van der Waals surface area contributed by atoms with Crippen LogP contribution in [0.5, 0.6) is 0 Å². The number of carbonyl (C=O) groups is 1. The molecule has 4 heterocycles. The zero-order chi connectivity index (χ0) is 22.3. The number of amides is 1. The van der Waals surface area contributed by atoms with Crippen LogP contribution in [0.3, 0.4) is 0 Å². The van der Waals surface area contributed by atoms with Gasteiger partial charge in [-0.3, -0.25) is 14.2 Å². The van der Waals surface area contributed by atoms with E-state index in [1.807, 2.05) is 6.07 Å². The highest BCUT2D eigenvalue weighted by molar-refractivity contribution is 6.05. The average Bonchev–Trinajstić information content (AvgIpc) is 3.42. The number of nitrogens with one attached hydrogen (secondary N) is 3. The van der Waals surface area contributed by atoms with Crippen molar-refractivity contribution in [3.8, 4) is 0 Å². The van der Waals surface area contributed by atoms with Crippen molar-refractivity contribution in [3.63, 3.8) is 0 Å². The highest BCUT2D eigenvalue weighted by Crippen LogP contribution is 2.30. The van der Waals surface area contributed by atoms with E-state index >= 15 is 0 Å². The number of H-pyrrole nitrogens is 1. The van der Waals surface area contributed by atoms with Crippen LogP contribution in [0.1, 0.15) is 41.7 Å². The summed E-state index contributed by atoms with van der Waals surface area (Å²) in [6, 6.07) is 6.97. The van der Waals surface area contributed by atoms with E-state index in [0.717, 1.165) is 42.8 Å². The van der Waals surface area contributed by atoms with E-state index in [-0.39, 0.29) is 23.6 Å². The number of pyridine rings is 2. The van der Waals surface area contributed by atoms with Gasteiger partial charge in [-0.2, -0.15) is 13.2 Å². The van der Waals surface area contributed by atoms with Gasteiger partial charge in [-0.25, -0.2) is 4.98 Å². The fourth-order valence-corrected chi connectivity index (χ4v) is 4.28. The molecular weight excluding hydrogens is 421 g/mol. The summed E-state index contributed by atoms with van der Waals surface area (Å²) < 4.78 is 40.5. The van der Waals surface area contributed by atoms with E-state index < -0.39 is 11.9 Å². The van der Waals surface area contributed by atoms with Gasteiger partial charge in [0.05, 0.1) is 17.3 Å². The Bertz CT molecular complexity index is 1270. The molecule has 4 aromatic rings. The van der Waals surface area contributed by atoms with Crippen LogP contribution in [-0.2, 0) is 6.18 Å². The second-order valence-corrected chi connectivity index (χ2v) is 8.06. The van der Waals surface area contributed by atoms with E-state index in [0.29, 0.717) is 11.4 Å². The summed E-state index contributed by atoms with van der Waals surface area (Å²) in [5.74, 6) is 0.421. The van der Waals surface area contributed by atoms with Gasteiger partial charge >= 0.3 is 6.18 Å². The van der Waals surface area contributed by atoms with Crippen LogP contribution in [0.25, 0.3) is 16.6 Å². The zero-order valence-corrected chi connectivity index (χ0v) is 17.0. The molecule has 1 amide bonds. The van der Waals surface area contributed by atoms with Crippen molar-refractivity contribution in [1.82, 2.24) is 24.7 Å². The second-order valence-electron chi connectivity index (χ2n) is 8.06. The number of carbonyl (C=O) groups excluding carboxylic acids is 1. The second kappa shape index (κ2) is 7.85. The van der Waals surface area contributed by atoms with Gasteiger partial charge < -0.3 is 15.6 Å². The lowest BCUT2D eigenvalue weighted by Crippen LogP contribution is -2.40. The highest BCUT2D eigenvalue weighted by Gasteiger charge is 2.34. The van der Waals surface area contributed by atoms with Crippen LogP contribution in [0.2, 0.25) is 0 Å². The molecule has 0 unspecified atom stereocenters. The Kier molecular flexibility index (Phi) is 4.99. The summed E-state index contributed by atoms with van der Waals surface area (Å²) in [4.78, 5) is 23.6. The van der Waals surface area contributed by atoms with Gasteiger partial charge in [0.25, 0.3) is 5.91 Å². The van der Waals surface area contributed by atoms with E-state index in [9.17, 15) is 18.0 Å². The molecule has 0 spiro atoms. The van der Waals surface area contributed by atoms with Crippen molar-refractivity contribution in [2.75, 3.05) is 5.32 Å². The van der Waals surface area contributed by atoms with Gasteiger partial charge in [0.2, 0.25) is 0 Å². The molecule has 4 aromatic heterocycles. The number of aromatic amines is 1. The molecule has 0 bridgehead atoms. The lowest BCUT2D eigenvalue weighted by atomic mass is 9.91. The first kappa shape index (κ1) is 20.3. The minimum absolute atomic E-state index is 0.0376. The number of anilines is 1. The molecule has 10 heteroatoms. The first-order valence-corrected chi connectivity index (χ1v) is 10.4. The number of imidazole rings is 1. The molecular formula is C22H21F3N6O. The fraction of sp³-hybridized carbons (Fsp3) is 0.318. The third-order valence-electron chi connectivity index (χ3n) is 5.92. The maximum absolute atomic E-state index is 13.0. The summed E-state index contributed by atoms with van der Waals surface area (Å²) in [5, 5.41) is 7.27. The number of alkyl halides is 3. The Morgan fingerprint density at radius 3 is 2.66 bits per heavy atom. The minimum Gasteiger partial charge on any atom is -0.368 e. The quantitative estimate of drug-likeness (QED) is 0.438. The van der Waals surface area contributed by atoms with Gasteiger partial charge in [-0.05, 0) is 43.9 Å². The van der Waals surface area contributed by atoms with Gasteiger partial charge in [-0.15, -0.1) is 0 Å². The van der Waals surface area contributed by atoms with E-state index in [2.05, 4.69) is 25.6 Å². The van der Waals surface area contributed by atoms with Gasteiger partial charge in [-0.1, -0.05) is 6.07 Å². The predicted molar refractivity (Wildman–Crippen MR) is 113 cm³/mol. The first-order chi connectivity index (χ1) is 15.4. The van der Waals surface area contributed by atoms with E-state index in [1.165, 1.54) is 4.40 Å². The number of hydrogen-bond donors (Lipinski definition) is 3. The van der Waals surface area contributed by atoms with Crippen LogP contribution in [-0.4, -0.2) is 37.3 Å². The zero-order valence-electron chi connectivity index (χ0n) is 17.0. The molecule has 32 heavy (non-hydrogen) atoms. The number of hydrogen-bond acceptors (Lipinski definition) is 4. The summed E-state index contributed by atoms with van der Waals surface area (Å²) in [7, 11) is 0. The number of fused-ring (bicyclic) bond motifs is 2. The molecule has 1 aliphatic carbocycles. The summed E-state index contributed by atoms with van der Waals surface area (Å²) in [6.45, 7) is 0. The van der Waals surface area contributed by atoms with Crippen LogP contribution in [0, 0.1) is 0 Å². The monoisotopic (exact) mass is 442 g/mol. The smallest absolute Gasteiger partial charge is 0.368 e. The van der Waals surface area contributed by atoms with Crippen molar-refractivity contribution in [2.45, 2.75) is 43.9 Å². The lowest BCUT2D eigenvalue weighted by Gasteiger charge is -2.30. The highest BCUT2D eigenvalue weighted by atomic mass is 19.4. The van der Waals surface area contributed by atoms with Gasteiger partial charge in [0, 0.05) is 36.1 Å². The van der Waals surface area contributed by atoms with Crippen molar-refractivity contribution in [3.05, 3.63) is 60.3 Å². The van der Waals surface area contributed by atoms with Crippen LogP contribution < -0.4 is 10.6 Å². The molecule has 1 fully saturated rings. The largest absolute Gasteiger partial charge is 0.434 e. The molecule has 1 aliphatic rings. The Balaban J connectivity index is 1.22. The Morgan fingerprint density at radius 1 is 1.09 bits per heavy atom. The van der Waals surface area contributed by atoms with Crippen LogP contribution >= 0.6 is 0 Å². The van der Waals surface area contributed by atoms with Crippen molar-refractivity contribution in [2.24, 2.45) is 0 Å². The summed E-state index contributed by atoms with van der Waals surface area (Å²) >= 11 is 0. The average molecular weight is 442 g/mol. The molecule has 0 aromatic carbocycles. The Hall–Kier alpha value is -3.56. The minimum atomic E-state index is -4.49. The molecule has 166 valence electrons. The molecule has 3 N–H and O–H groups in total. The normalized spacial score (nSPS) is 19.3. The molecule has 0 saturated heterocycles. The van der Waals surface area contributed by atoms with Crippen molar-refractivity contribution < 1.29 is 18.0 Å². The maximum atomic E-state index is 13.0. The summed E-state index contributed by atoms with van der Waals surface area (Å²) in [6.07, 6.45) is 4.67. The first-order valence-electron chi connectivity index (χ1n) is 10.4. The molecule has 1 saturated carbocycles. The number of halogens is 3. The Morgan fingerprint density at radius 2 is 1.88 bits per heavy atom. The lowest BCUT2D eigenvalue weighted by molar-refractivity contribution is -0.140. The third kappa shape index (κ3) is 3.88. The molecule has 0 radical (unpaired) electrons. The van der Waals surface area contributed by atoms with E-state index in [4.69, 9.17) is 0 Å². The topological polar surface area (TPSA) is 87.1 Å². The standard InChI is InChI=1S/C22H21F3N6O/c23-22(24,25)18-12-31-19(2-1-3-20(31)30-18)28-13-4-6-14(7-5-13)29-21(32)16-10-26-11-17-15(16)8-9-27-17/h1-3,8-14,27-28H,4-7H2,(H,29,32)/t13-,14+. The maximum Gasteiger partial charge on any atom is 0.434 e. The van der Waals surface area contributed by atoms with Gasteiger partial charge in [0.15, 0.2) is 5.69 Å². The van der Waals surface area contributed by atoms with E-state index in [1.54, 1.807) is 36.8 Å². The third-order valence-corrected chi connectivity index (χ3v) is 5.92. The number of rotatable bonds is 4. The Labute approximate surface area is 181 Å². The number of aromatic nitrogens is 4. The fourth-order valence-electron chi connectivity index (χ4n) is 4.28. The predicted octanol–water partition coefficient (Wildman–Crippen LogP) is 4.38.